The molecule has 3 heterocycles. The van der Waals surface area contributed by atoms with Crippen LogP contribution >= 0.6 is 22.9 Å². The SMILES string of the molecule is O=C(Nc1c(-c2cccs2)nc2ccc(F)cn12)c1ccc(Cl)cc1. The molecule has 7 heteroatoms. The van der Waals surface area contributed by atoms with E-state index in [0.29, 0.717) is 27.7 Å². The summed E-state index contributed by atoms with van der Waals surface area (Å²) in [5, 5.41) is 5.31. The first-order valence-corrected chi connectivity index (χ1v) is 8.66. The standard InChI is InChI=1S/C18H11ClFN3OS/c19-12-5-3-11(4-6-12)18(24)22-17-16(14-2-1-9-25-14)21-15-8-7-13(20)10-23(15)17/h1-10H,(H,22,24). The lowest BCUT2D eigenvalue weighted by Gasteiger charge is -2.07. The van der Waals surface area contributed by atoms with Crippen LogP contribution in [0.25, 0.3) is 16.2 Å². The normalized spacial score (nSPS) is 11.0. The molecule has 0 saturated carbocycles. The number of carbonyl (C=O) groups is 1. The van der Waals surface area contributed by atoms with Crippen LogP contribution < -0.4 is 5.32 Å². The number of hydrogen-bond acceptors (Lipinski definition) is 3. The van der Waals surface area contributed by atoms with Crippen LogP contribution in [0.3, 0.4) is 0 Å². The van der Waals surface area contributed by atoms with Gasteiger partial charge in [0, 0.05) is 16.8 Å². The maximum absolute atomic E-state index is 13.7. The molecule has 0 aliphatic heterocycles. The lowest BCUT2D eigenvalue weighted by Crippen LogP contribution is -2.14. The highest BCUT2D eigenvalue weighted by molar-refractivity contribution is 7.13. The van der Waals surface area contributed by atoms with Gasteiger partial charge in [0.2, 0.25) is 0 Å². The fraction of sp³-hybridized carbons (Fsp3) is 0. The first-order chi connectivity index (χ1) is 12.1. The largest absolute Gasteiger partial charge is 0.306 e. The molecule has 25 heavy (non-hydrogen) atoms. The molecule has 0 saturated heterocycles. The van der Waals surface area contributed by atoms with Gasteiger partial charge in [-0.05, 0) is 47.8 Å². The average molecular weight is 372 g/mol. The molecule has 4 aromatic rings. The maximum atomic E-state index is 13.7. The first-order valence-electron chi connectivity index (χ1n) is 7.40. The molecule has 4 nitrogen and oxygen atoms in total. The van der Waals surface area contributed by atoms with E-state index in [1.807, 2.05) is 17.5 Å². The Morgan fingerprint density at radius 1 is 1.16 bits per heavy atom. The summed E-state index contributed by atoms with van der Waals surface area (Å²) in [5.41, 5.74) is 1.60. The molecule has 0 radical (unpaired) electrons. The van der Waals surface area contributed by atoms with Crippen molar-refractivity contribution in [3.05, 3.63) is 76.5 Å². The molecule has 1 amide bonds. The molecule has 0 fully saturated rings. The predicted molar refractivity (Wildman–Crippen MR) is 97.9 cm³/mol. The number of carbonyl (C=O) groups excluding carboxylic acids is 1. The minimum Gasteiger partial charge on any atom is -0.306 e. The van der Waals surface area contributed by atoms with Crippen molar-refractivity contribution in [1.82, 2.24) is 9.38 Å². The summed E-state index contributed by atoms with van der Waals surface area (Å²) < 4.78 is 15.2. The van der Waals surface area contributed by atoms with Crippen LogP contribution in [-0.2, 0) is 0 Å². The molecule has 0 atom stereocenters. The number of halogens is 2. The van der Waals surface area contributed by atoms with Crippen LogP contribution in [0.2, 0.25) is 5.02 Å². The summed E-state index contributed by atoms with van der Waals surface area (Å²) in [5.74, 6) is -0.304. The molecule has 0 aliphatic rings. The number of anilines is 1. The Hall–Kier alpha value is -2.70. The number of amides is 1. The van der Waals surface area contributed by atoms with E-state index in [0.717, 1.165) is 4.88 Å². The number of aromatic nitrogens is 2. The monoisotopic (exact) mass is 371 g/mol. The maximum Gasteiger partial charge on any atom is 0.256 e. The number of nitrogens with one attached hydrogen (secondary N) is 1. The van der Waals surface area contributed by atoms with Crippen molar-refractivity contribution in [2.24, 2.45) is 0 Å². The highest BCUT2D eigenvalue weighted by Crippen LogP contribution is 2.32. The molecule has 3 aromatic heterocycles. The zero-order chi connectivity index (χ0) is 17.4. The van der Waals surface area contributed by atoms with Gasteiger partial charge in [-0.3, -0.25) is 9.20 Å². The van der Waals surface area contributed by atoms with Crippen LogP contribution in [0, 0.1) is 5.82 Å². The molecule has 0 spiro atoms. The summed E-state index contributed by atoms with van der Waals surface area (Å²) in [7, 11) is 0. The van der Waals surface area contributed by atoms with E-state index in [2.05, 4.69) is 10.3 Å². The molecule has 124 valence electrons. The van der Waals surface area contributed by atoms with Crippen LogP contribution in [0.5, 0.6) is 0 Å². The van der Waals surface area contributed by atoms with Gasteiger partial charge in [0.25, 0.3) is 5.91 Å². The number of nitrogens with zero attached hydrogens (tertiary/aromatic N) is 2. The van der Waals surface area contributed by atoms with E-state index in [9.17, 15) is 9.18 Å². The van der Waals surface area contributed by atoms with Crippen molar-refractivity contribution in [1.29, 1.82) is 0 Å². The Morgan fingerprint density at radius 2 is 1.96 bits per heavy atom. The predicted octanol–water partition coefficient (Wildman–Crippen LogP) is 5.11. The van der Waals surface area contributed by atoms with Gasteiger partial charge in [0.1, 0.15) is 23.0 Å². The van der Waals surface area contributed by atoms with Gasteiger partial charge in [-0.1, -0.05) is 17.7 Å². The fourth-order valence-corrected chi connectivity index (χ4v) is 3.35. The fourth-order valence-electron chi connectivity index (χ4n) is 2.50. The number of fused-ring (bicyclic) bond motifs is 1. The summed E-state index contributed by atoms with van der Waals surface area (Å²) in [6, 6.07) is 13.3. The Balaban J connectivity index is 1.81. The van der Waals surface area contributed by atoms with Crippen LogP contribution in [0.4, 0.5) is 10.2 Å². The molecule has 1 N–H and O–H groups in total. The summed E-state index contributed by atoms with van der Waals surface area (Å²) in [6.45, 7) is 0. The highest BCUT2D eigenvalue weighted by atomic mass is 35.5. The second-order valence-corrected chi connectivity index (χ2v) is 6.71. The Kier molecular flexibility index (Phi) is 3.99. The van der Waals surface area contributed by atoms with Gasteiger partial charge in [-0.2, -0.15) is 0 Å². The number of rotatable bonds is 3. The van der Waals surface area contributed by atoms with Gasteiger partial charge in [-0.15, -0.1) is 11.3 Å². The van der Waals surface area contributed by atoms with Crippen LogP contribution in [-0.4, -0.2) is 15.3 Å². The Morgan fingerprint density at radius 3 is 2.68 bits per heavy atom. The van der Waals surface area contributed by atoms with Crippen molar-refractivity contribution in [2.45, 2.75) is 0 Å². The smallest absolute Gasteiger partial charge is 0.256 e. The third-order valence-electron chi connectivity index (χ3n) is 3.68. The average Bonchev–Trinajstić information content (AvgIpc) is 3.24. The van der Waals surface area contributed by atoms with Crippen LogP contribution in [0.15, 0.2) is 60.1 Å². The van der Waals surface area contributed by atoms with Gasteiger partial charge >= 0.3 is 0 Å². The van der Waals surface area contributed by atoms with E-state index in [1.165, 1.54) is 28.0 Å². The Bertz CT molecular complexity index is 1060. The third kappa shape index (κ3) is 3.01. The molecule has 1 aromatic carbocycles. The Labute approximate surface area is 151 Å². The van der Waals surface area contributed by atoms with Crippen molar-refractivity contribution in [3.8, 4) is 10.6 Å². The number of pyridine rings is 1. The van der Waals surface area contributed by atoms with E-state index < -0.39 is 5.82 Å². The first kappa shape index (κ1) is 15.8. The quantitative estimate of drug-likeness (QED) is 0.544. The molecule has 4 rings (SSSR count). The topological polar surface area (TPSA) is 46.4 Å². The number of thiophene rings is 1. The second-order valence-electron chi connectivity index (χ2n) is 5.32. The van der Waals surface area contributed by atoms with E-state index in [-0.39, 0.29) is 5.91 Å². The third-order valence-corrected chi connectivity index (χ3v) is 4.80. The van der Waals surface area contributed by atoms with Gasteiger partial charge < -0.3 is 5.32 Å². The van der Waals surface area contributed by atoms with Crippen LogP contribution in [0.1, 0.15) is 10.4 Å². The summed E-state index contributed by atoms with van der Waals surface area (Å²) >= 11 is 7.36. The summed E-state index contributed by atoms with van der Waals surface area (Å²) in [6.07, 6.45) is 1.30. The number of imidazole rings is 1. The molecular weight excluding hydrogens is 361 g/mol. The lowest BCUT2D eigenvalue weighted by molar-refractivity contribution is 0.102. The van der Waals surface area contributed by atoms with Crippen molar-refractivity contribution in [3.63, 3.8) is 0 Å². The molecule has 0 aliphatic carbocycles. The second kappa shape index (κ2) is 6.31. The molecule has 0 unspecified atom stereocenters. The number of hydrogen-bond donors (Lipinski definition) is 1. The zero-order valence-electron chi connectivity index (χ0n) is 12.7. The number of benzene rings is 1. The van der Waals surface area contributed by atoms with Crippen molar-refractivity contribution < 1.29 is 9.18 Å². The molecular formula is C18H11ClFN3OS. The van der Waals surface area contributed by atoms with E-state index >= 15 is 0 Å². The highest BCUT2D eigenvalue weighted by Gasteiger charge is 2.18. The summed E-state index contributed by atoms with van der Waals surface area (Å²) in [4.78, 5) is 18.0. The zero-order valence-corrected chi connectivity index (χ0v) is 14.3. The van der Waals surface area contributed by atoms with E-state index in [1.54, 1.807) is 30.3 Å². The van der Waals surface area contributed by atoms with Gasteiger partial charge in [-0.25, -0.2) is 9.37 Å². The van der Waals surface area contributed by atoms with E-state index in [4.69, 9.17) is 11.6 Å². The van der Waals surface area contributed by atoms with Crippen molar-refractivity contribution in [2.75, 3.05) is 5.32 Å². The van der Waals surface area contributed by atoms with Gasteiger partial charge in [0.05, 0.1) is 4.88 Å². The lowest BCUT2D eigenvalue weighted by atomic mass is 10.2. The van der Waals surface area contributed by atoms with Crippen molar-refractivity contribution >= 4 is 40.3 Å². The van der Waals surface area contributed by atoms with Gasteiger partial charge in [0.15, 0.2) is 0 Å². The minimum atomic E-state index is -0.412. The minimum absolute atomic E-state index is 0.319. The molecule has 0 bridgehead atoms.